The van der Waals surface area contributed by atoms with Gasteiger partial charge in [0.15, 0.2) is 5.82 Å². The maximum Gasteiger partial charge on any atom is 0.252 e. The minimum Gasteiger partial charge on any atom is -0.494 e. The Labute approximate surface area is 153 Å². The summed E-state index contributed by atoms with van der Waals surface area (Å²) in [6, 6.07) is 8.17. The molecular weight excluding hydrogens is 331 g/mol. The predicted octanol–water partition coefficient (Wildman–Crippen LogP) is 4.52. The molecule has 138 valence electrons. The number of hydrogen-bond acceptors (Lipinski definition) is 4. The number of nitrogens with zero attached hydrogens (tertiary/aromatic N) is 4. The summed E-state index contributed by atoms with van der Waals surface area (Å²) in [4.78, 5) is 9.24. The highest BCUT2D eigenvalue weighted by Crippen LogP contribution is 2.21. The lowest BCUT2D eigenvalue weighted by Crippen LogP contribution is -2.06. The zero-order valence-corrected chi connectivity index (χ0v) is 15.7. The third kappa shape index (κ3) is 4.18. The van der Waals surface area contributed by atoms with Crippen LogP contribution in [0.25, 0.3) is 5.78 Å². The van der Waals surface area contributed by atoms with Gasteiger partial charge in [-0.2, -0.15) is 4.98 Å². The van der Waals surface area contributed by atoms with Crippen molar-refractivity contribution < 1.29 is 9.13 Å². The van der Waals surface area contributed by atoms with E-state index in [0.717, 1.165) is 23.6 Å². The quantitative estimate of drug-likeness (QED) is 0.584. The maximum atomic E-state index is 12.9. The molecular formula is C20H25FN4O. The summed E-state index contributed by atoms with van der Waals surface area (Å²) >= 11 is 0. The van der Waals surface area contributed by atoms with Gasteiger partial charge in [-0.1, -0.05) is 27.7 Å². The van der Waals surface area contributed by atoms with E-state index in [-0.39, 0.29) is 5.82 Å². The van der Waals surface area contributed by atoms with Gasteiger partial charge < -0.3 is 4.74 Å². The Bertz CT molecular complexity index is 871. The van der Waals surface area contributed by atoms with Crippen LogP contribution < -0.4 is 4.74 Å². The summed E-state index contributed by atoms with van der Waals surface area (Å²) in [5, 5.41) is 4.63. The number of benzene rings is 1. The second-order valence-electron chi connectivity index (χ2n) is 7.06. The van der Waals surface area contributed by atoms with Gasteiger partial charge in [0, 0.05) is 12.1 Å². The molecule has 0 saturated carbocycles. The van der Waals surface area contributed by atoms with E-state index in [9.17, 15) is 4.39 Å². The number of ether oxygens (including phenoxy) is 1. The Hall–Kier alpha value is -2.50. The summed E-state index contributed by atoms with van der Waals surface area (Å²) in [5.41, 5.74) is 2.17. The third-order valence-corrected chi connectivity index (χ3v) is 4.21. The van der Waals surface area contributed by atoms with Gasteiger partial charge in [-0.05, 0) is 48.6 Å². The summed E-state index contributed by atoms with van der Waals surface area (Å²) < 4.78 is 20.4. The van der Waals surface area contributed by atoms with Gasteiger partial charge in [0.05, 0.1) is 12.3 Å². The molecule has 0 spiro atoms. The second kappa shape index (κ2) is 7.81. The molecule has 0 aliphatic heterocycles. The number of hydrogen-bond donors (Lipinski definition) is 0. The van der Waals surface area contributed by atoms with Crippen molar-refractivity contribution in [2.45, 2.75) is 52.4 Å². The molecule has 26 heavy (non-hydrogen) atoms. The number of halogens is 1. The molecule has 0 aliphatic carbocycles. The number of aromatic nitrogens is 4. The van der Waals surface area contributed by atoms with Gasteiger partial charge in [0.25, 0.3) is 5.78 Å². The lowest BCUT2D eigenvalue weighted by atomic mass is 10.1. The van der Waals surface area contributed by atoms with Crippen molar-refractivity contribution in [3.63, 3.8) is 0 Å². The molecule has 5 nitrogen and oxygen atoms in total. The van der Waals surface area contributed by atoms with Crippen LogP contribution in [0.1, 0.15) is 63.2 Å². The predicted molar refractivity (Wildman–Crippen MR) is 99.2 cm³/mol. The van der Waals surface area contributed by atoms with Crippen molar-refractivity contribution >= 4 is 5.78 Å². The highest BCUT2D eigenvalue weighted by molar-refractivity contribution is 5.34. The van der Waals surface area contributed by atoms with Crippen LogP contribution >= 0.6 is 0 Å². The Morgan fingerprint density at radius 3 is 2.42 bits per heavy atom. The van der Waals surface area contributed by atoms with Crippen LogP contribution in [0.2, 0.25) is 0 Å². The van der Waals surface area contributed by atoms with Gasteiger partial charge in [0.2, 0.25) is 0 Å². The van der Waals surface area contributed by atoms with Crippen molar-refractivity contribution in [2.75, 3.05) is 6.61 Å². The van der Waals surface area contributed by atoms with Crippen LogP contribution in [0, 0.1) is 5.82 Å². The lowest BCUT2D eigenvalue weighted by Gasteiger charge is -2.11. The molecule has 0 aliphatic rings. The smallest absolute Gasteiger partial charge is 0.252 e. The average Bonchev–Trinajstić information content (AvgIpc) is 3.01. The van der Waals surface area contributed by atoms with Crippen molar-refractivity contribution in [1.29, 1.82) is 0 Å². The first kappa shape index (κ1) is 18.3. The van der Waals surface area contributed by atoms with Gasteiger partial charge in [-0.25, -0.2) is 13.9 Å². The first-order chi connectivity index (χ1) is 12.4. The minimum atomic E-state index is -0.263. The van der Waals surface area contributed by atoms with Crippen molar-refractivity contribution in [3.8, 4) is 5.75 Å². The zero-order valence-electron chi connectivity index (χ0n) is 15.7. The van der Waals surface area contributed by atoms with E-state index in [1.807, 2.05) is 4.52 Å². The Kier molecular flexibility index (Phi) is 5.49. The fourth-order valence-corrected chi connectivity index (χ4v) is 2.72. The van der Waals surface area contributed by atoms with E-state index in [2.05, 4.69) is 48.8 Å². The van der Waals surface area contributed by atoms with E-state index in [1.165, 1.54) is 12.1 Å². The molecule has 3 aromatic rings. The summed E-state index contributed by atoms with van der Waals surface area (Å²) in [5.74, 6) is 2.52. The average molecular weight is 356 g/mol. The van der Waals surface area contributed by atoms with Gasteiger partial charge in [0.1, 0.15) is 11.6 Å². The number of rotatable bonds is 7. The molecule has 0 N–H and O–H groups in total. The standard InChI is InChI=1S/C20H25FN4O/c1-13(2)17-12-18(14(3)4)25-20(22-17)23-19(24-25)6-5-11-26-16-9-7-15(21)8-10-16/h7-10,12-14H,5-6,11H2,1-4H3. The zero-order chi connectivity index (χ0) is 18.7. The Morgan fingerprint density at radius 1 is 1.04 bits per heavy atom. The number of fused-ring (bicyclic) bond motifs is 1. The number of aryl methyl sites for hydroxylation is 1. The van der Waals surface area contributed by atoms with Crippen LogP contribution in [-0.4, -0.2) is 26.2 Å². The molecule has 0 saturated heterocycles. The van der Waals surface area contributed by atoms with Crippen LogP contribution in [0.15, 0.2) is 30.3 Å². The molecule has 0 unspecified atom stereocenters. The SMILES string of the molecule is CC(C)c1cc(C(C)C)n2nc(CCCOc3ccc(F)cc3)nc2n1. The maximum absolute atomic E-state index is 12.9. The topological polar surface area (TPSA) is 52.3 Å². The monoisotopic (exact) mass is 356 g/mol. The highest BCUT2D eigenvalue weighted by Gasteiger charge is 2.14. The molecule has 0 radical (unpaired) electrons. The Balaban J connectivity index is 1.68. The van der Waals surface area contributed by atoms with Gasteiger partial charge in [-0.3, -0.25) is 0 Å². The summed E-state index contributed by atoms with van der Waals surface area (Å²) in [6.07, 6.45) is 1.49. The third-order valence-electron chi connectivity index (χ3n) is 4.21. The van der Waals surface area contributed by atoms with E-state index in [0.29, 0.717) is 36.4 Å². The van der Waals surface area contributed by atoms with Crippen molar-refractivity contribution in [1.82, 2.24) is 19.6 Å². The lowest BCUT2D eigenvalue weighted by molar-refractivity contribution is 0.309. The molecule has 0 bridgehead atoms. The molecule has 2 heterocycles. The first-order valence-electron chi connectivity index (χ1n) is 9.09. The molecule has 0 amide bonds. The minimum absolute atomic E-state index is 0.263. The van der Waals surface area contributed by atoms with Crippen LogP contribution in [0.4, 0.5) is 4.39 Å². The first-order valence-corrected chi connectivity index (χ1v) is 9.09. The molecule has 3 rings (SSSR count). The van der Waals surface area contributed by atoms with Gasteiger partial charge >= 0.3 is 0 Å². The molecule has 0 fully saturated rings. The normalized spacial score (nSPS) is 11.7. The fraction of sp³-hybridized carbons (Fsp3) is 0.450. The van der Waals surface area contributed by atoms with Crippen LogP contribution in [0.5, 0.6) is 5.75 Å². The van der Waals surface area contributed by atoms with Crippen molar-refractivity contribution in [3.05, 3.63) is 53.4 Å². The highest BCUT2D eigenvalue weighted by atomic mass is 19.1. The Morgan fingerprint density at radius 2 is 1.77 bits per heavy atom. The fourth-order valence-electron chi connectivity index (χ4n) is 2.72. The second-order valence-corrected chi connectivity index (χ2v) is 7.06. The molecule has 1 aromatic carbocycles. The summed E-state index contributed by atoms with van der Waals surface area (Å²) in [7, 11) is 0. The largest absolute Gasteiger partial charge is 0.494 e. The summed E-state index contributed by atoms with van der Waals surface area (Å²) in [6.45, 7) is 9.09. The van der Waals surface area contributed by atoms with Crippen molar-refractivity contribution in [2.24, 2.45) is 0 Å². The van der Waals surface area contributed by atoms with E-state index in [4.69, 9.17) is 4.74 Å². The van der Waals surface area contributed by atoms with E-state index >= 15 is 0 Å². The molecule has 0 atom stereocenters. The van der Waals surface area contributed by atoms with E-state index < -0.39 is 0 Å². The van der Waals surface area contributed by atoms with Crippen LogP contribution in [0.3, 0.4) is 0 Å². The van der Waals surface area contributed by atoms with Crippen LogP contribution in [-0.2, 0) is 6.42 Å². The van der Waals surface area contributed by atoms with Gasteiger partial charge in [-0.15, -0.1) is 5.10 Å². The molecule has 2 aromatic heterocycles. The van der Waals surface area contributed by atoms with E-state index in [1.54, 1.807) is 12.1 Å². The molecule has 6 heteroatoms.